The van der Waals surface area contributed by atoms with Crippen LogP contribution in [0.5, 0.6) is 0 Å². The molecular formula is C24H27N5OS. The minimum absolute atomic E-state index is 0.0137. The molecule has 1 saturated carbocycles. The van der Waals surface area contributed by atoms with E-state index in [1.165, 1.54) is 5.56 Å². The van der Waals surface area contributed by atoms with E-state index in [1.807, 2.05) is 22.4 Å². The number of thiazole rings is 1. The lowest BCUT2D eigenvalue weighted by atomic mass is 9.69. The number of aromatic nitrogens is 2. The molecule has 0 unspecified atom stereocenters. The van der Waals surface area contributed by atoms with Gasteiger partial charge in [0.25, 0.3) is 0 Å². The molecule has 1 aromatic carbocycles. The fourth-order valence-electron chi connectivity index (χ4n) is 5.08. The molecule has 0 atom stereocenters. The van der Waals surface area contributed by atoms with Crippen LogP contribution >= 0.6 is 11.3 Å². The van der Waals surface area contributed by atoms with E-state index in [9.17, 15) is 4.79 Å². The highest BCUT2D eigenvalue weighted by Crippen LogP contribution is 2.46. The first-order valence-corrected chi connectivity index (χ1v) is 11.6. The van der Waals surface area contributed by atoms with Gasteiger partial charge in [0.15, 0.2) is 0 Å². The van der Waals surface area contributed by atoms with Gasteiger partial charge in [0.2, 0.25) is 0 Å². The van der Waals surface area contributed by atoms with E-state index in [-0.39, 0.29) is 17.1 Å². The molecule has 6 nitrogen and oxygen atoms in total. The van der Waals surface area contributed by atoms with Crippen LogP contribution in [-0.4, -0.2) is 47.1 Å². The summed E-state index contributed by atoms with van der Waals surface area (Å²) in [5, 5.41) is 6.20. The molecule has 0 radical (unpaired) electrons. The summed E-state index contributed by atoms with van der Waals surface area (Å²) in [7, 11) is 4.33. The van der Waals surface area contributed by atoms with Crippen LogP contribution in [-0.2, 0) is 5.54 Å². The van der Waals surface area contributed by atoms with Gasteiger partial charge >= 0.3 is 6.03 Å². The number of nitrogens with one attached hydrogen (secondary N) is 1. The number of nitrogens with zero attached hydrogens (tertiary/aromatic N) is 4. The summed E-state index contributed by atoms with van der Waals surface area (Å²) < 4.78 is 0. The molecule has 2 aromatic heterocycles. The van der Waals surface area contributed by atoms with E-state index in [1.54, 1.807) is 23.7 Å². The van der Waals surface area contributed by atoms with Crippen LogP contribution in [0.3, 0.4) is 0 Å². The van der Waals surface area contributed by atoms with Crippen molar-refractivity contribution in [2.75, 3.05) is 25.5 Å². The van der Waals surface area contributed by atoms with E-state index >= 15 is 0 Å². The molecule has 1 aliphatic heterocycles. The number of pyridine rings is 1. The summed E-state index contributed by atoms with van der Waals surface area (Å²) in [5.74, 6) is 0.735. The molecule has 31 heavy (non-hydrogen) atoms. The molecule has 2 amide bonds. The minimum Gasteiger partial charge on any atom is -0.330 e. The molecule has 1 spiro atoms. The Morgan fingerprint density at radius 3 is 2.42 bits per heavy atom. The minimum atomic E-state index is -0.189. The quantitative estimate of drug-likeness (QED) is 0.658. The third-order valence-electron chi connectivity index (χ3n) is 6.98. The van der Waals surface area contributed by atoms with E-state index in [2.05, 4.69) is 59.6 Å². The van der Waals surface area contributed by atoms with Gasteiger partial charge in [-0.3, -0.25) is 14.8 Å². The lowest BCUT2D eigenvalue weighted by Crippen LogP contribution is -2.54. The summed E-state index contributed by atoms with van der Waals surface area (Å²) in [6.07, 6.45) is 7.45. The SMILES string of the molecule is CN(C)[C@]1(c2ccccc2)CC[C@@]2(CC1)CN(c1csc(-c3ccncc3)n1)C(=O)N2. The van der Waals surface area contributed by atoms with Crippen molar-refractivity contribution < 1.29 is 4.79 Å². The monoisotopic (exact) mass is 433 g/mol. The number of urea groups is 1. The molecule has 7 heteroatoms. The molecule has 5 rings (SSSR count). The Morgan fingerprint density at radius 2 is 1.74 bits per heavy atom. The molecule has 1 aliphatic carbocycles. The summed E-state index contributed by atoms with van der Waals surface area (Å²) in [6, 6.07) is 14.6. The first-order valence-electron chi connectivity index (χ1n) is 10.7. The second-order valence-electron chi connectivity index (χ2n) is 8.84. The van der Waals surface area contributed by atoms with Gasteiger partial charge in [0.1, 0.15) is 10.8 Å². The normalized spacial score (nSPS) is 25.9. The van der Waals surface area contributed by atoms with Gasteiger partial charge in [-0.2, -0.15) is 0 Å². The molecule has 160 valence electrons. The predicted molar refractivity (Wildman–Crippen MR) is 124 cm³/mol. The highest BCUT2D eigenvalue weighted by Gasteiger charge is 2.50. The number of amides is 2. The van der Waals surface area contributed by atoms with Crippen molar-refractivity contribution in [2.24, 2.45) is 0 Å². The average molecular weight is 434 g/mol. The van der Waals surface area contributed by atoms with Gasteiger partial charge in [0.05, 0.1) is 12.1 Å². The van der Waals surface area contributed by atoms with Gasteiger partial charge in [-0.05, 0) is 57.5 Å². The summed E-state index contributed by atoms with van der Waals surface area (Å²) in [5.41, 5.74) is 2.21. The van der Waals surface area contributed by atoms with Gasteiger partial charge < -0.3 is 5.32 Å². The molecular weight excluding hydrogens is 406 g/mol. The molecule has 1 saturated heterocycles. The Balaban J connectivity index is 1.34. The van der Waals surface area contributed by atoms with Crippen LogP contribution in [0.1, 0.15) is 31.2 Å². The van der Waals surface area contributed by atoms with Crippen LogP contribution in [0, 0.1) is 0 Å². The van der Waals surface area contributed by atoms with Gasteiger partial charge in [-0.25, -0.2) is 9.78 Å². The fraction of sp³-hybridized carbons (Fsp3) is 0.375. The van der Waals surface area contributed by atoms with Gasteiger partial charge in [-0.15, -0.1) is 11.3 Å². The van der Waals surface area contributed by atoms with Crippen LogP contribution in [0.15, 0.2) is 60.2 Å². The number of carbonyl (C=O) groups is 1. The Kier molecular flexibility index (Phi) is 5.02. The summed E-state index contributed by atoms with van der Waals surface area (Å²) in [4.78, 5) is 25.9. The molecule has 0 bridgehead atoms. The number of anilines is 1. The third-order valence-corrected chi connectivity index (χ3v) is 7.85. The summed E-state index contributed by atoms with van der Waals surface area (Å²) >= 11 is 1.56. The van der Waals surface area contributed by atoms with Crippen molar-refractivity contribution in [1.82, 2.24) is 20.2 Å². The van der Waals surface area contributed by atoms with Crippen LogP contribution < -0.4 is 10.2 Å². The maximum Gasteiger partial charge on any atom is 0.323 e. The van der Waals surface area contributed by atoms with E-state index in [0.29, 0.717) is 6.54 Å². The number of hydrogen-bond donors (Lipinski definition) is 1. The number of carbonyl (C=O) groups excluding carboxylic acids is 1. The zero-order valence-electron chi connectivity index (χ0n) is 17.9. The Labute approximate surface area is 186 Å². The van der Waals surface area contributed by atoms with E-state index in [0.717, 1.165) is 42.1 Å². The number of benzene rings is 1. The second-order valence-corrected chi connectivity index (χ2v) is 9.69. The fourth-order valence-corrected chi connectivity index (χ4v) is 5.89. The van der Waals surface area contributed by atoms with Crippen LogP contribution in [0.2, 0.25) is 0 Å². The van der Waals surface area contributed by atoms with Crippen molar-refractivity contribution >= 4 is 23.2 Å². The topological polar surface area (TPSA) is 61.4 Å². The Morgan fingerprint density at radius 1 is 1.03 bits per heavy atom. The van der Waals surface area contributed by atoms with E-state index in [4.69, 9.17) is 4.98 Å². The van der Waals surface area contributed by atoms with Crippen molar-refractivity contribution in [1.29, 1.82) is 0 Å². The number of rotatable bonds is 4. The van der Waals surface area contributed by atoms with E-state index < -0.39 is 0 Å². The van der Waals surface area contributed by atoms with Gasteiger partial charge in [-0.1, -0.05) is 30.3 Å². The van der Waals surface area contributed by atoms with Crippen LogP contribution in [0.4, 0.5) is 10.6 Å². The Hall–Kier alpha value is -2.77. The lowest BCUT2D eigenvalue weighted by molar-refractivity contribution is 0.0657. The molecule has 2 aliphatic rings. The zero-order chi connectivity index (χ0) is 21.5. The third kappa shape index (κ3) is 3.51. The number of hydrogen-bond acceptors (Lipinski definition) is 5. The molecule has 3 heterocycles. The molecule has 3 aromatic rings. The zero-order valence-corrected chi connectivity index (χ0v) is 18.7. The lowest BCUT2D eigenvalue weighted by Gasteiger charge is -2.48. The first kappa shape index (κ1) is 20.2. The first-order chi connectivity index (χ1) is 15.0. The standard InChI is InChI=1S/C24H27N5OS/c1-28(2)24(19-6-4-3-5-7-19)12-10-23(11-13-24)17-29(22(30)27-23)20-16-31-21(26-20)18-8-14-25-15-9-18/h3-9,14-16H,10-13,17H2,1-2H3,(H,27,30)/t23-,24-. The van der Waals surface area contributed by atoms with Crippen molar-refractivity contribution in [3.8, 4) is 10.6 Å². The predicted octanol–water partition coefficient (Wildman–Crippen LogP) is 4.50. The van der Waals surface area contributed by atoms with Crippen molar-refractivity contribution in [2.45, 2.75) is 36.8 Å². The second kappa shape index (κ2) is 7.73. The van der Waals surface area contributed by atoms with Crippen molar-refractivity contribution in [3.63, 3.8) is 0 Å². The highest BCUT2D eigenvalue weighted by atomic mass is 32.1. The maximum atomic E-state index is 12.9. The smallest absolute Gasteiger partial charge is 0.323 e. The Bertz CT molecular complexity index is 1060. The van der Waals surface area contributed by atoms with Crippen LogP contribution in [0.25, 0.3) is 10.6 Å². The average Bonchev–Trinajstić information content (AvgIpc) is 3.40. The maximum absolute atomic E-state index is 12.9. The molecule has 2 fully saturated rings. The molecule has 1 N–H and O–H groups in total. The highest BCUT2D eigenvalue weighted by molar-refractivity contribution is 7.13. The largest absolute Gasteiger partial charge is 0.330 e. The summed E-state index contributed by atoms with van der Waals surface area (Å²) in [6.45, 7) is 0.670. The van der Waals surface area contributed by atoms with Gasteiger partial charge in [0, 0.05) is 28.9 Å². The van der Waals surface area contributed by atoms with Crippen molar-refractivity contribution in [3.05, 3.63) is 65.8 Å².